The van der Waals surface area contributed by atoms with E-state index in [9.17, 15) is 0 Å². The molecule has 38 heavy (non-hydrogen) atoms. The van der Waals surface area contributed by atoms with E-state index in [1.54, 1.807) is 0 Å². The predicted molar refractivity (Wildman–Crippen MR) is 165 cm³/mol. The van der Waals surface area contributed by atoms with Crippen LogP contribution in [0.1, 0.15) is 22.8 Å². The van der Waals surface area contributed by atoms with Crippen LogP contribution in [0.3, 0.4) is 0 Å². The number of hydrogen-bond acceptors (Lipinski definition) is 2. The van der Waals surface area contributed by atoms with Crippen LogP contribution >= 0.6 is 31.9 Å². The number of H-pyrrole nitrogens is 2. The molecule has 7 rings (SSSR count). The summed E-state index contributed by atoms with van der Waals surface area (Å²) in [4.78, 5) is 16.9. The molecule has 0 unspecified atom stereocenters. The summed E-state index contributed by atoms with van der Waals surface area (Å²) in [5.74, 6) is 0. The Labute approximate surface area is 236 Å². The number of rotatable bonds is 2. The van der Waals surface area contributed by atoms with Crippen LogP contribution in [-0.2, 0) is 0 Å². The Morgan fingerprint density at radius 2 is 0.842 bits per heavy atom. The van der Waals surface area contributed by atoms with Gasteiger partial charge in [0.25, 0.3) is 0 Å². The van der Waals surface area contributed by atoms with Crippen molar-refractivity contribution in [1.29, 1.82) is 0 Å². The fourth-order valence-electron chi connectivity index (χ4n) is 4.91. The Kier molecular flexibility index (Phi) is 5.72. The minimum absolute atomic E-state index is 0.893. The number of aromatic nitrogens is 4. The van der Waals surface area contributed by atoms with Gasteiger partial charge in [0.2, 0.25) is 0 Å². The van der Waals surface area contributed by atoms with Crippen LogP contribution in [0.5, 0.6) is 0 Å². The van der Waals surface area contributed by atoms with E-state index in [1.807, 2.05) is 12.2 Å². The van der Waals surface area contributed by atoms with Crippen molar-refractivity contribution >= 4 is 78.2 Å². The molecule has 0 saturated heterocycles. The molecule has 182 valence electrons. The minimum atomic E-state index is 0.893. The van der Waals surface area contributed by atoms with Gasteiger partial charge in [-0.05, 0) is 96.1 Å². The molecule has 0 amide bonds. The molecule has 2 aromatic carbocycles. The molecule has 2 aliphatic heterocycles. The molecule has 4 nitrogen and oxygen atoms in total. The van der Waals surface area contributed by atoms with Crippen molar-refractivity contribution < 1.29 is 0 Å². The number of fused-ring (bicyclic) bond motifs is 8. The normalized spacial score (nSPS) is 12.3. The summed E-state index contributed by atoms with van der Waals surface area (Å²) in [5, 5.41) is 0. The Hall–Kier alpha value is -4.00. The molecule has 8 bridgehead atoms. The van der Waals surface area contributed by atoms with Gasteiger partial charge < -0.3 is 9.97 Å². The highest BCUT2D eigenvalue weighted by Gasteiger charge is 2.16. The third-order valence-corrected chi connectivity index (χ3v) is 7.67. The zero-order valence-corrected chi connectivity index (χ0v) is 23.2. The lowest BCUT2D eigenvalue weighted by atomic mass is 9.96. The Balaban J connectivity index is 1.62. The van der Waals surface area contributed by atoms with Crippen LogP contribution in [0.15, 0.2) is 93.9 Å². The second-order valence-electron chi connectivity index (χ2n) is 9.25. The summed E-state index contributed by atoms with van der Waals surface area (Å²) in [7, 11) is 0. The number of nitrogens with one attached hydrogen (secondary N) is 2. The van der Waals surface area contributed by atoms with E-state index in [0.29, 0.717) is 0 Å². The van der Waals surface area contributed by atoms with E-state index in [-0.39, 0.29) is 0 Å². The summed E-state index contributed by atoms with van der Waals surface area (Å²) >= 11 is 7.18. The highest BCUT2D eigenvalue weighted by molar-refractivity contribution is 9.10. The van der Waals surface area contributed by atoms with Gasteiger partial charge >= 0.3 is 0 Å². The first-order valence-electron chi connectivity index (χ1n) is 12.2. The molecule has 5 heterocycles. The molecule has 0 aliphatic carbocycles. The van der Waals surface area contributed by atoms with Crippen LogP contribution in [0.2, 0.25) is 0 Å². The number of nitrogens with zero attached hydrogens (tertiary/aromatic N) is 2. The average Bonchev–Trinajstić information content (AvgIpc) is 3.70. The van der Waals surface area contributed by atoms with Gasteiger partial charge in [-0.1, -0.05) is 56.1 Å². The second kappa shape index (κ2) is 9.39. The third kappa shape index (κ3) is 4.46. The fraction of sp³-hybridized carbons (Fsp3) is 0. The number of hydrogen-bond donors (Lipinski definition) is 2. The van der Waals surface area contributed by atoms with Crippen molar-refractivity contribution in [2.75, 3.05) is 0 Å². The number of halogens is 2. The standard InChI is InChI=1S/C32H20Br2N4/c33-21-5-1-19(2-6-21)31-29-17-27-13-11-25(36-27)15-23-9-10-24(35-23)16-26-12-14-28(37-26)18-30(38-29)32(31)20-3-7-22(34)8-4-20/h1-18,35,38H. The quantitative estimate of drug-likeness (QED) is 0.202. The van der Waals surface area contributed by atoms with Crippen LogP contribution < -0.4 is 0 Å². The SMILES string of the molecule is Brc1ccc(-c2c(-c3ccc(Br)cc3)c3cc4nc(cc5ccc(cc6nc(cc2[nH]3)C=C6)[nH]5)C=C4)cc1. The summed E-state index contributed by atoms with van der Waals surface area (Å²) in [6, 6.07) is 29.4. The lowest BCUT2D eigenvalue weighted by Gasteiger charge is -2.07. The monoisotopic (exact) mass is 618 g/mol. The predicted octanol–water partition coefficient (Wildman–Crippen LogP) is 9.51. The molecular weight excluding hydrogens is 600 g/mol. The summed E-state index contributed by atoms with van der Waals surface area (Å²) in [6.45, 7) is 0. The molecule has 2 aliphatic rings. The topological polar surface area (TPSA) is 57.4 Å². The van der Waals surface area contributed by atoms with E-state index in [0.717, 1.165) is 76.0 Å². The Morgan fingerprint density at radius 3 is 1.26 bits per heavy atom. The van der Waals surface area contributed by atoms with E-state index >= 15 is 0 Å². The van der Waals surface area contributed by atoms with E-state index in [4.69, 9.17) is 9.97 Å². The van der Waals surface area contributed by atoms with Crippen LogP contribution in [-0.4, -0.2) is 19.9 Å². The second-order valence-corrected chi connectivity index (χ2v) is 11.1. The molecule has 0 radical (unpaired) electrons. The molecule has 3 aromatic heterocycles. The fourth-order valence-corrected chi connectivity index (χ4v) is 5.44. The molecular formula is C32H20Br2N4. The van der Waals surface area contributed by atoms with Gasteiger partial charge in [-0.25, -0.2) is 9.97 Å². The van der Waals surface area contributed by atoms with Gasteiger partial charge in [-0.2, -0.15) is 0 Å². The van der Waals surface area contributed by atoms with Gasteiger partial charge in [0.05, 0.1) is 22.8 Å². The first kappa shape index (κ1) is 23.1. The molecule has 0 fully saturated rings. The molecule has 0 spiro atoms. The Morgan fingerprint density at radius 1 is 0.447 bits per heavy atom. The van der Waals surface area contributed by atoms with E-state index in [2.05, 4.69) is 139 Å². The third-order valence-electron chi connectivity index (χ3n) is 6.61. The molecule has 0 saturated carbocycles. The van der Waals surface area contributed by atoms with Gasteiger partial charge in [0.15, 0.2) is 0 Å². The summed E-state index contributed by atoms with van der Waals surface area (Å²) < 4.78 is 2.08. The molecule has 2 N–H and O–H groups in total. The van der Waals surface area contributed by atoms with Crippen molar-refractivity contribution in [3.8, 4) is 22.3 Å². The maximum Gasteiger partial charge on any atom is 0.0658 e. The molecule has 0 atom stereocenters. The first-order valence-corrected chi connectivity index (χ1v) is 13.8. The van der Waals surface area contributed by atoms with E-state index < -0.39 is 0 Å². The molecule has 5 aromatic rings. The lowest BCUT2D eigenvalue weighted by molar-refractivity contribution is 1.31. The van der Waals surface area contributed by atoms with Crippen molar-refractivity contribution in [2.45, 2.75) is 0 Å². The van der Waals surface area contributed by atoms with Gasteiger partial charge in [0.1, 0.15) is 0 Å². The zero-order chi connectivity index (χ0) is 25.6. The van der Waals surface area contributed by atoms with Crippen LogP contribution in [0, 0.1) is 0 Å². The summed E-state index contributed by atoms with van der Waals surface area (Å²) in [5.41, 5.74) is 12.1. The first-order chi connectivity index (χ1) is 18.6. The summed E-state index contributed by atoms with van der Waals surface area (Å²) in [6.07, 6.45) is 8.20. The van der Waals surface area contributed by atoms with Crippen molar-refractivity contribution in [3.63, 3.8) is 0 Å². The van der Waals surface area contributed by atoms with Crippen molar-refractivity contribution in [3.05, 3.63) is 117 Å². The largest absolute Gasteiger partial charge is 0.355 e. The van der Waals surface area contributed by atoms with Gasteiger partial charge in [-0.15, -0.1) is 0 Å². The highest BCUT2D eigenvalue weighted by Crippen LogP contribution is 2.40. The maximum absolute atomic E-state index is 4.88. The lowest BCUT2D eigenvalue weighted by Crippen LogP contribution is -1.83. The van der Waals surface area contributed by atoms with Crippen LogP contribution in [0.25, 0.3) is 68.6 Å². The van der Waals surface area contributed by atoms with Crippen LogP contribution in [0.4, 0.5) is 0 Å². The number of aromatic amines is 2. The van der Waals surface area contributed by atoms with Crippen molar-refractivity contribution in [1.82, 2.24) is 19.9 Å². The smallest absolute Gasteiger partial charge is 0.0658 e. The average molecular weight is 620 g/mol. The maximum atomic E-state index is 4.88. The zero-order valence-electron chi connectivity index (χ0n) is 20.0. The Bertz CT molecular complexity index is 1790. The van der Waals surface area contributed by atoms with Gasteiger partial charge in [0, 0.05) is 42.1 Å². The minimum Gasteiger partial charge on any atom is -0.355 e. The molecule has 6 heteroatoms. The number of benzene rings is 2. The van der Waals surface area contributed by atoms with Crippen molar-refractivity contribution in [2.24, 2.45) is 0 Å². The van der Waals surface area contributed by atoms with Gasteiger partial charge in [-0.3, -0.25) is 0 Å². The van der Waals surface area contributed by atoms with E-state index in [1.165, 1.54) is 0 Å². The highest BCUT2D eigenvalue weighted by atomic mass is 79.9.